The molecule has 0 aliphatic carbocycles. The van der Waals surface area contributed by atoms with Crippen molar-refractivity contribution < 1.29 is 18.0 Å². The largest absolute Gasteiger partial charge is 0.416 e. The second kappa shape index (κ2) is 9.53. The molecule has 0 unspecified atom stereocenters. The number of carbonyl (C=O) groups is 1. The van der Waals surface area contributed by atoms with Crippen molar-refractivity contribution in [2.75, 3.05) is 13.1 Å². The number of alkyl halides is 3. The molecule has 1 aliphatic rings. The molecule has 6 nitrogen and oxygen atoms in total. The Bertz CT molecular complexity index is 1390. The minimum absolute atomic E-state index is 0. The Morgan fingerprint density at radius 2 is 1.77 bits per heavy atom. The molecule has 3 aromatic heterocycles. The van der Waals surface area contributed by atoms with E-state index in [2.05, 4.69) is 4.98 Å². The lowest BCUT2D eigenvalue weighted by molar-refractivity contribution is -0.137. The molecule has 0 spiro atoms. The Morgan fingerprint density at radius 3 is 2.43 bits per heavy atom. The maximum absolute atomic E-state index is 12.9. The van der Waals surface area contributed by atoms with Gasteiger partial charge < -0.3 is 4.90 Å². The Morgan fingerprint density at radius 1 is 1.09 bits per heavy atom. The van der Waals surface area contributed by atoms with E-state index in [0.717, 1.165) is 54.8 Å². The highest BCUT2D eigenvalue weighted by molar-refractivity contribution is 5.94. The first-order valence-electron chi connectivity index (χ1n) is 11.5. The van der Waals surface area contributed by atoms with Gasteiger partial charge in [0.05, 0.1) is 11.3 Å². The molecule has 186 valence electrons. The molecule has 35 heavy (non-hydrogen) atoms. The number of amides is 1. The van der Waals surface area contributed by atoms with Crippen LogP contribution in [0.3, 0.4) is 0 Å². The Kier molecular flexibility index (Phi) is 6.81. The number of aromatic nitrogens is 3. The predicted molar refractivity (Wildman–Crippen MR) is 129 cm³/mol. The van der Waals surface area contributed by atoms with Gasteiger partial charge in [-0.25, -0.2) is 4.98 Å². The topological polar surface area (TPSA) is 59.6 Å². The Balaban J connectivity index is 0.00000289. The maximum atomic E-state index is 12.9. The van der Waals surface area contributed by atoms with Crippen molar-refractivity contribution >= 4 is 35.1 Å². The number of imidazole rings is 2. The summed E-state index contributed by atoms with van der Waals surface area (Å²) in [6.45, 7) is 3.66. The highest BCUT2D eigenvalue weighted by Gasteiger charge is 2.31. The number of piperidine rings is 1. The van der Waals surface area contributed by atoms with Gasteiger partial charge >= 0.3 is 6.18 Å². The summed E-state index contributed by atoms with van der Waals surface area (Å²) in [6.07, 6.45) is -0.908. The second-order valence-corrected chi connectivity index (χ2v) is 9.03. The van der Waals surface area contributed by atoms with Gasteiger partial charge in [0, 0.05) is 25.2 Å². The average molecular weight is 507 g/mol. The smallest absolute Gasteiger partial charge is 0.339 e. The standard InChI is InChI=1S/C25H25F3N4O2.ClH/c1-16-22-24(34)31(21-6-2-5-20(29-16)32(21)22)13-3-4-17-11-14-30(15-12-17)23(33)18-7-9-19(10-8-18)25(26,27)28;/h2,5-10,17H,3-4,11-15H2,1H3;1H. The third-order valence-corrected chi connectivity index (χ3v) is 6.88. The minimum Gasteiger partial charge on any atom is -0.339 e. The molecule has 0 saturated carbocycles. The molecule has 0 atom stereocenters. The van der Waals surface area contributed by atoms with Crippen molar-refractivity contribution in [3.63, 3.8) is 0 Å². The van der Waals surface area contributed by atoms with Crippen LogP contribution in [0.2, 0.25) is 0 Å². The molecule has 4 heterocycles. The van der Waals surface area contributed by atoms with E-state index in [9.17, 15) is 22.8 Å². The van der Waals surface area contributed by atoms with E-state index in [1.54, 1.807) is 4.90 Å². The van der Waals surface area contributed by atoms with Crippen LogP contribution in [0.5, 0.6) is 0 Å². The number of aryl methyl sites for hydroxylation is 2. The average Bonchev–Trinajstić information content (AvgIpc) is 3.31. The van der Waals surface area contributed by atoms with Gasteiger partial charge in [0.1, 0.15) is 16.8 Å². The van der Waals surface area contributed by atoms with Gasteiger partial charge in [-0.2, -0.15) is 13.2 Å². The van der Waals surface area contributed by atoms with Crippen LogP contribution in [0.4, 0.5) is 13.2 Å². The molecule has 5 rings (SSSR count). The number of nitrogens with zero attached hydrogens (tertiary/aromatic N) is 4. The van der Waals surface area contributed by atoms with Gasteiger partial charge in [-0.3, -0.25) is 18.6 Å². The van der Waals surface area contributed by atoms with E-state index < -0.39 is 11.7 Å². The van der Waals surface area contributed by atoms with Crippen LogP contribution in [-0.2, 0) is 12.7 Å². The molecule has 0 bridgehead atoms. The van der Waals surface area contributed by atoms with Gasteiger partial charge in [0.25, 0.3) is 11.5 Å². The second-order valence-electron chi connectivity index (χ2n) is 9.03. The zero-order chi connectivity index (χ0) is 24.0. The highest BCUT2D eigenvalue weighted by atomic mass is 35.5. The molecule has 0 radical (unpaired) electrons. The first kappa shape index (κ1) is 25.0. The SMILES string of the molecule is Cc1nc2cccc3n(CCCC4CCN(C(=O)c5ccc(C(F)(F)F)cc5)CC4)c(=O)c1n23.Cl. The molecule has 10 heteroatoms. The van der Waals surface area contributed by atoms with Crippen LogP contribution < -0.4 is 5.56 Å². The molecule has 1 aliphatic heterocycles. The van der Waals surface area contributed by atoms with Crippen molar-refractivity contribution in [2.45, 2.75) is 45.3 Å². The molecule has 1 aromatic carbocycles. The van der Waals surface area contributed by atoms with E-state index in [4.69, 9.17) is 0 Å². The number of hydrogen-bond acceptors (Lipinski definition) is 3. The van der Waals surface area contributed by atoms with Crippen LogP contribution in [0.1, 0.15) is 47.3 Å². The summed E-state index contributed by atoms with van der Waals surface area (Å²) in [5.74, 6) is 0.223. The molecular formula is C25H26ClF3N4O2. The highest BCUT2D eigenvalue weighted by Crippen LogP contribution is 2.30. The van der Waals surface area contributed by atoms with Crippen molar-refractivity contribution in [1.29, 1.82) is 0 Å². The summed E-state index contributed by atoms with van der Waals surface area (Å²) in [5.41, 5.74) is 2.53. The summed E-state index contributed by atoms with van der Waals surface area (Å²) >= 11 is 0. The van der Waals surface area contributed by atoms with Crippen LogP contribution in [0.25, 0.3) is 16.8 Å². The number of likely N-dealkylation sites (tertiary alicyclic amines) is 1. The summed E-state index contributed by atoms with van der Waals surface area (Å²) in [6, 6.07) is 10.2. The third-order valence-electron chi connectivity index (χ3n) is 6.88. The van der Waals surface area contributed by atoms with Gasteiger partial charge in [0.15, 0.2) is 0 Å². The fourth-order valence-electron chi connectivity index (χ4n) is 5.05. The minimum atomic E-state index is -4.41. The molecule has 1 fully saturated rings. The van der Waals surface area contributed by atoms with Gasteiger partial charge in [0.2, 0.25) is 0 Å². The predicted octanol–water partition coefficient (Wildman–Crippen LogP) is 5.17. The molecule has 1 amide bonds. The third kappa shape index (κ3) is 4.61. The number of halogens is 4. The van der Waals surface area contributed by atoms with Crippen molar-refractivity contribution in [3.8, 4) is 0 Å². The van der Waals surface area contributed by atoms with Crippen LogP contribution in [0.15, 0.2) is 47.3 Å². The first-order chi connectivity index (χ1) is 16.2. The van der Waals surface area contributed by atoms with E-state index >= 15 is 0 Å². The lowest BCUT2D eigenvalue weighted by Gasteiger charge is -2.32. The lowest BCUT2D eigenvalue weighted by atomic mass is 9.92. The van der Waals surface area contributed by atoms with Gasteiger partial charge in [-0.05, 0) is 74.9 Å². The van der Waals surface area contributed by atoms with E-state index in [-0.39, 0.29) is 29.4 Å². The summed E-state index contributed by atoms with van der Waals surface area (Å²) < 4.78 is 42.0. The molecule has 4 aromatic rings. The van der Waals surface area contributed by atoms with Crippen molar-refractivity contribution in [1.82, 2.24) is 18.9 Å². The molecule has 1 saturated heterocycles. The normalized spacial score (nSPS) is 15.1. The van der Waals surface area contributed by atoms with Crippen LogP contribution in [-0.4, -0.2) is 37.8 Å². The summed E-state index contributed by atoms with van der Waals surface area (Å²) in [4.78, 5) is 31.8. The zero-order valence-corrected chi connectivity index (χ0v) is 20.0. The number of hydrogen-bond donors (Lipinski definition) is 0. The maximum Gasteiger partial charge on any atom is 0.416 e. The fourth-order valence-corrected chi connectivity index (χ4v) is 5.05. The van der Waals surface area contributed by atoms with Gasteiger partial charge in [-0.1, -0.05) is 6.07 Å². The number of rotatable bonds is 5. The van der Waals surface area contributed by atoms with Crippen LogP contribution in [0, 0.1) is 12.8 Å². The van der Waals surface area contributed by atoms with E-state index in [1.807, 2.05) is 34.1 Å². The number of benzene rings is 1. The zero-order valence-electron chi connectivity index (χ0n) is 19.2. The quantitative estimate of drug-likeness (QED) is 0.375. The first-order valence-corrected chi connectivity index (χ1v) is 11.5. The number of pyridine rings is 1. The van der Waals surface area contributed by atoms with Crippen molar-refractivity contribution in [3.05, 3.63) is 69.6 Å². The Hall–Kier alpha value is -3.07. The lowest BCUT2D eigenvalue weighted by Crippen LogP contribution is -2.38. The monoisotopic (exact) mass is 506 g/mol. The molecular weight excluding hydrogens is 481 g/mol. The van der Waals surface area contributed by atoms with E-state index in [1.165, 1.54) is 12.1 Å². The fraction of sp³-hybridized carbons (Fsp3) is 0.400. The Labute approximate surface area is 206 Å². The van der Waals surface area contributed by atoms with Crippen molar-refractivity contribution in [2.24, 2.45) is 5.92 Å². The number of carbonyl (C=O) groups excluding carboxylic acids is 1. The van der Waals surface area contributed by atoms with Crippen LogP contribution >= 0.6 is 12.4 Å². The summed E-state index contributed by atoms with van der Waals surface area (Å²) in [7, 11) is 0. The molecule has 0 N–H and O–H groups in total. The van der Waals surface area contributed by atoms with Gasteiger partial charge in [-0.15, -0.1) is 12.4 Å². The summed E-state index contributed by atoms with van der Waals surface area (Å²) in [5, 5.41) is 0. The van der Waals surface area contributed by atoms with E-state index in [0.29, 0.717) is 31.1 Å².